The number of aromatic nitrogens is 1. The van der Waals surface area contributed by atoms with Crippen molar-refractivity contribution in [3.05, 3.63) is 130 Å². The smallest absolute Gasteiger partial charge is 0.115 e. The normalized spacial score (nSPS) is 11.2. The van der Waals surface area contributed by atoms with Crippen LogP contribution in [0.4, 0.5) is 0 Å². The zero-order chi connectivity index (χ0) is 23.8. The van der Waals surface area contributed by atoms with Crippen molar-refractivity contribution in [2.45, 2.75) is 24.6 Å². The Morgan fingerprint density at radius 2 is 1.35 bits per heavy atom. The van der Waals surface area contributed by atoms with Gasteiger partial charge in [0, 0.05) is 5.75 Å². The highest BCUT2D eigenvalue weighted by atomic mass is 32.2. The highest BCUT2D eigenvalue weighted by Crippen LogP contribution is 2.29. The van der Waals surface area contributed by atoms with Gasteiger partial charge in [-0.3, -0.25) is 0 Å². The van der Waals surface area contributed by atoms with Crippen molar-refractivity contribution in [2.75, 3.05) is 0 Å². The summed E-state index contributed by atoms with van der Waals surface area (Å²) < 4.78 is 0. The van der Waals surface area contributed by atoms with E-state index in [4.69, 9.17) is 4.98 Å². The number of thioether (sulfide) groups is 1. The molecule has 0 unspecified atom stereocenters. The molecule has 3 heteroatoms. The van der Waals surface area contributed by atoms with E-state index in [2.05, 4.69) is 92.7 Å². The van der Waals surface area contributed by atoms with E-state index in [0.717, 1.165) is 33.2 Å². The van der Waals surface area contributed by atoms with Crippen LogP contribution in [0.5, 0.6) is 0 Å². The molecule has 1 heterocycles. The van der Waals surface area contributed by atoms with E-state index >= 15 is 0 Å². The largest absolute Gasteiger partial charge is 0.241 e. The van der Waals surface area contributed by atoms with Crippen LogP contribution in [0.1, 0.15) is 44.6 Å². The van der Waals surface area contributed by atoms with E-state index in [-0.39, 0.29) is 0 Å². The van der Waals surface area contributed by atoms with Crippen molar-refractivity contribution in [3.63, 3.8) is 0 Å². The van der Waals surface area contributed by atoms with Gasteiger partial charge in [0.25, 0.3) is 0 Å². The Kier molecular flexibility index (Phi) is 7.75. The van der Waals surface area contributed by atoms with Crippen molar-refractivity contribution in [3.8, 4) is 6.07 Å². The van der Waals surface area contributed by atoms with Crippen LogP contribution in [0.2, 0.25) is 0 Å². The van der Waals surface area contributed by atoms with Gasteiger partial charge in [-0.05, 0) is 48.2 Å². The maximum Gasteiger partial charge on any atom is 0.115 e. The van der Waals surface area contributed by atoms with E-state index in [9.17, 15) is 5.26 Å². The second kappa shape index (κ2) is 11.3. The Balaban J connectivity index is 1.69. The zero-order valence-corrected chi connectivity index (χ0v) is 20.2. The van der Waals surface area contributed by atoms with Crippen LogP contribution in [0.15, 0.2) is 90.0 Å². The molecule has 0 aliphatic carbocycles. The minimum Gasteiger partial charge on any atom is -0.241 e. The third-order valence-electron chi connectivity index (χ3n) is 5.42. The summed E-state index contributed by atoms with van der Waals surface area (Å²) in [5.74, 6) is 0.759. The maximum atomic E-state index is 10.00. The monoisotopic (exact) mass is 458 g/mol. The van der Waals surface area contributed by atoms with Crippen LogP contribution >= 0.6 is 11.8 Å². The van der Waals surface area contributed by atoms with E-state index < -0.39 is 0 Å². The third-order valence-corrected chi connectivity index (χ3v) is 6.47. The third kappa shape index (κ3) is 6.34. The Morgan fingerprint density at radius 1 is 0.765 bits per heavy atom. The molecule has 0 aliphatic rings. The lowest BCUT2D eigenvalue weighted by Gasteiger charge is -2.09. The first kappa shape index (κ1) is 23.3. The molecule has 1 aromatic heterocycles. The molecule has 34 heavy (non-hydrogen) atoms. The highest BCUT2D eigenvalue weighted by Gasteiger charge is 2.11. The van der Waals surface area contributed by atoms with Gasteiger partial charge < -0.3 is 0 Å². The molecule has 0 spiro atoms. The fraction of sp³-hybridized carbons (Fsp3) is 0.0968. The second-order valence-electron chi connectivity index (χ2n) is 8.19. The summed E-state index contributed by atoms with van der Waals surface area (Å²) in [6.45, 7) is 4.16. The molecule has 0 saturated heterocycles. The topological polar surface area (TPSA) is 36.7 Å². The molecule has 3 aromatic carbocycles. The van der Waals surface area contributed by atoms with Crippen LogP contribution < -0.4 is 0 Å². The van der Waals surface area contributed by atoms with Crippen LogP contribution in [0.3, 0.4) is 0 Å². The molecule has 0 amide bonds. The Hall–Kier alpha value is -3.87. The molecule has 0 aliphatic heterocycles. The summed E-state index contributed by atoms with van der Waals surface area (Å²) in [5.41, 5.74) is 8.19. The number of nitriles is 1. The van der Waals surface area contributed by atoms with Gasteiger partial charge in [-0.15, -0.1) is 11.8 Å². The molecule has 4 aromatic rings. The zero-order valence-electron chi connectivity index (χ0n) is 19.4. The minimum atomic E-state index is 0.608. The molecule has 0 N–H and O–H groups in total. The predicted octanol–water partition coefficient (Wildman–Crippen LogP) is 8.20. The summed E-state index contributed by atoms with van der Waals surface area (Å²) >= 11 is 1.60. The van der Waals surface area contributed by atoms with Crippen molar-refractivity contribution in [1.82, 2.24) is 4.98 Å². The number of benzene rings is 3. The first-order valence-corrected chi connectivity index (χ1v) is 12.2. The van der Waals surface area contributed by atoms with Gasteiger partial charge in [-0.2, -0.15) is 5.26 Å². The lowest BCUT2D eigenvalue weighted by Crippen LogP contribution is -1.95. The van der Waals surface area contributed by atoms with Gasteiger partial charge in [0.1, 0.15) is 11.1 Å². The number of nitrogens with zero attached hydrogens (tertiary/aromatic N) is 2. The second-order valence-corrected chi connectivity index (χ2v) is 9.15. The minimum absolute atomic E-state index is 0.608. The van der Waals surface area contributed by atoms with Crippen LogP contribution in [0.25, 0.3) is 24.3 Å². The molecule has 0 atom stereocenters. The number of hydrogen-bond acceptors (Lipinski definition) is 3. The van der Waals surface area contributed by atoms with Crippen molar-refractivity contribution in [1.29, 1.82) is 5.26 Å². The summed E-state index contributed by atoms with van der Waals surface area (Å²) in [7, 11) is 0. The molecule has 0 bridgehead atoms. The number of pyridine rings is 1. The molecular weight excluding hydrogens is 432 g/mol. The SMILES string of the molecule is Cc1ccc(/C=C\c2cc(/C=C/c3ccc(C)cc3)nc(SCc3ccccc3)c2C#N)cc1. The average molecular weight is 459 g/mol. The van der Waals surface area contributed by atoms with Gasteiger partial charge >= 0.3 is 0 Å². The fourth-order valence-electron chi connectivity index (χ4n) is 3.44. The number of rotatable bonds is 7. The number of hydrogen-bond donors (Lipinski definition) is 0. The molecule has 4 rings (SSSR count). The van der Waals surface area contributed by atoms with Crippen molar-refractivity contribution < 1.29 is 0 Å². The molecule has 2 nitrogen and oxygen atoms in total. The Labute approximate surface area is 206 Å². The summed E-state index contributed by atoms with van der Waals surface area (Å²) in [6.07, 6.45) is 8.14. The van der Waals surface area contributed by atoms with Crippen LogP contribution in [-0.4, -0.2) is 4.98 Å². The molecule has 0 saturated carbocycles. The Morgan fingerprint density at radius 3 is 1.94 bits per heavy atom. The molecule has 166 valence electrons. The molecular formula is C31H26N2S. The lowest BCUT2D eigenvalue weighted by molar-refractivity contribution is 1.09. The first-order valence-electron chi connectivity index (χ1n) is 11.2. The van der Waals surface area contributed by atoms with Gasteiger partial charge in [0.2, 0.25) is 0 Å². The van der Waals surface area contributed by atoms with E-state index in [1.165, 1.54) is 16.7 Å². The van der Waals surface area contributed by atoms with E-state index in [1.54, 1.807) is 11.8 Å². The van der Waals surface area contributed by atoms with E-state index in [1.807, 2.05) is 36.4 Å². The predicted molar refractivity (Wildman–Crippen MR) is 145 cm³/mol. The molecule has 0 fully saturated rings. The lowest BCUT2D eigenvalue weighted by atomic mass is 10.1. The highest BCUT2D eigenvalue weighted by molar-refractivity contribution is 7.98. The maximum absolute atomic E-state index is 10.00. The molecule has 0 radical (unpaired) electrons. The van der Waals surface area contributed by atoms with Gasteiger partial charge in [-0.1, -0.05) is 108 Å². The average Bonchev–Trinajstić information content (AvgIpc) is 2.87. The number of aryl methyl sites for hydroxylation is 2. The van der Waals surface area contributed by atoms with Crippen molar-refractivity contribution >= 4 is 36.1 Å². The summed E-state index contributed by atoms with van der Waals surface area (Å²) in [5, 5.41) is 10.8. The van der Waals surface area contributed by atoms with Gasteiger partial charge in [0.05, 0.1) is 11.3 Å². The first-order chi connectivity index (χ1) is 16.6. The Bertz CT molecular complexity index is 1340. The standard InChI is InChI=1S/C31H26N2S/c1-23-8-12-25(13-9-23)16-18-28-20-29(19-17-26-14-10-24(2)11-15-26)33-31(30(28)21-32)34-22-27-6-4-3-5-7-27/h3-20H,22H2,1-2H3/b18-16-,19-17+. The summed E-state index contributed by atoms with van der Waals surface area (Å²) in [6, 6.07) is 31.4. The fourth-order valence-corrected chi connectivity index (χ4v) is 4.42. The van der Waals surface area contributed by atoms with Crippen molar-refractivity contribution in [2.24, 2.45) is 0 Å². The summed E-state index contributed by atoms with van der Waals surface area (Å²) in [4.78, 5) is 4.84. The quantitative estimate of drug-likeness (QED) is 0.262. The van der Waals surface area contributed by atoms with Crippen LogP contribution in [0, 0.1) is 25.2 Å². The van der Waals surface area contributed by atoms with Gasteiger partial charge in [0.15, 0.2) is 0 Å². The van der Waals surface area contributed by atoms with E-state index in [0.29, 0.717) is 5.56 Å². The van der Waals surface area contributed by atoms with Gasteiger partial charge in [-0.25, -0.2) is 4.98 Å². The van der Waals surface area contributed by atoms with Crippen LogP contribution in [-0.2, 0) is 5.75 Å².